The van der Waals surface area contributed by atoms with Gasteiger partial charge < -0.3 is 0 Å². The van der Waals surface area contributed by atoms with Gasteiger partial charge in [-0.25, -0.2) is 0 Å². The van der Waals surface area contributed by atoms with E-state index in [-0.39, 0.29) is 0 Å². The highest BCUT2D eigenvalue weighted by Gasteiger charge is 2.05. The van der Waals surface area contributed by atoms with E-state index in [9.17, 15) is 0 Å². The van der Waals surface area contributed by atoms with Crippen molar-refractivity contribution in [3.05, 3.63) is 127 Å². The van der Waals surface area contributed by atoms with Crippen LogP contribution in [0.15, 0.2) is 148 Å². The second kappa shape index (κ2) is 22.8. The number of fused-ring (bicyclic) bond motifs is 3. The Morgan fingerprint density at radius 2 is 0.682 bits per heavy atom. The van der Waals surface area contributed by atoms with Crippen LogP contribution in [0.5, 0.6) is 0 Å². The standard InChI is InChI=1S/C21H16N4.C10H8.C3H8.3C2H6/c1-22-23-20-13-14-21(18-11-5-4-10-17(18)20)25-24-19-12-6-8-15-7-2-3-9-16(15)19;1-2-6-10-8-4-3-7-9(10)5-1;1-3-2;3*1-2/h2-14H,1H3;1-8H;3H2,1-2H3;3*1-2H3. The Kier molecular flexibility index (Phi) is 19.4. The highest BCUT2D eigenvalue weighted by Crippen LogP contribution is 2.35. The Morgan fingerprint density at radius 3 is 1.11 bits per heavy atom. The third kappa shape index (κ3) is 11.2. The minimum absolute atomic E-state index is 0.818. The molecule has 0 saturated carbocycles. The molecular weight excluding hydrogens is 536 g/mol. The number of nitrogens with zero attached hydrogens (tertiary/aromatic N) is 4. The molecule has 44 heavy (non-hydrogen) atoms. The summed E-state index contributed by atoms with van der Waals surface area (Å²) in [7, 11) is 1.67. The van der Waals surface area contributed by atoms with Crippen LogP contribution >= 0.6 is 0 Å². The van der Waals surface area contributed by atoms with Gasteiger partial charge in [0.15, 0.2) is 0 Å². The second-order valence-electron chi connectivity index (χ2n) is 8.70. The predicted molar refractivity (Wildman–Crippen MR) is 196 cm³/mol. The average molecular weight is 587 g/mol. The van der Waals surface area contributed by atoms with E-state index in [2.05, 4.69) is 101 Å². The lowest BCUT2D eigenvalue weighted by Crippen LogP contribution is -1.76. The first-order valence-electron chi connectivity index (χ1n) is 15.9. The lowest BCUT2D eigenvalue weighted by Gasteiger charge is -2.04. The van der Waals surface area contributed by atoms with Gasteiger partial charge in [-0.05, 0) is 34.4 Å². The van der Waals surface area contributed by atoms with E-state index in [1.807, 2.05) is 102 Å². The molecule has 0 aromatic heterocycles. The van der Waals surface area contributed by atoms with Crippen LogP contribution < -0.4 is 0 Å². The fourth-order valence-corrected chi connectivity index (χ4v) is 4.09. The second-order valence-corrected chi connectivity index (χ2v) is 8.70. The van der Waals surface area contributed by atoms with Crippen molar-refractivity contribution in [1.82, 2.24) is 0 Å². The first kappa shape index (κ1) is 37.3. The van der Waals surface area contributed by atoms with Crippen molar-refractivity contribution in [2.75, 3.05) is 7.05 Å². The van der Waals surface area contributed by atoms with Gasteiger partial charge in [-0.2, -0.15) is 10.2 Å². The fraction of sp³-hybridized carbons (Fsp3) is 0.250. The van der Waals surface area contributed by atoms with Crippen LogP contribution in [0.4, 0.5) is 17.1 Å². The molecule has 230 valence electrons. The normalized spacial score (nSPS) is 9.84. The third-order valence-corrected chi connectivity index (χ3v) is 5.78. The van der Waals surface area contributed by atoms with Gasteiger partial charge in [0, 0.05) is 23.2 Å². The molecule has 0 aliphatic carbocycles. The molecule has 0 radical (unpaired) electrons. The van der Waals surface area contributed by atoms with Crippen LogP contribution in [-0.2, 0) is 0 Å². The molecule has 0 bridgehead atoms. The molecule has 0 atom stereocenters. The minimum Gasteiger partial charge on any atom is -0.192 e. The molecule has 0 spiro atoms. The first-order valence-corrected chi connectivity index (χ1v) is 15.9. The molecule has 0 fully saturated rings. The van der Waals surface area contributed by atoms with Crippen molar-refractivity contribution >= 4 is 49.4 Å². The maximum Gasteiger partial charge on any atom is 0.0936 e. The summed E-state index contributed by atoms with van der Waals surface area (Å²) in [5.74, 6) is 0. The van der Waals surface area contributed by atoms with Crippen LogP contribution in [-0.4, -0.2) is 7.05 Å². The highest BCUT2D eigenvalue weighted by molar-refractivity contribution is 6.00. The van der Waals surface area contributed by atoms with Gasteiger partial charge in [0.2, 0.25) is 0 Å². The molecule has 0 saturated heterocycles. The van der Waals surface area contributed by atoms with Crippen molar-refractivity contribution in [3.63, 3.8) is 0 Å². The molecule has 0 unspecified atom stereocenters. The summed E-state index contributed by atoms with van der Waals surface area (Å²) >= 11 is 0. The topological polar surface area (TPSA) is 49.4 Å². The van der Waals surface area contributed by atoms with Crippen molar-refractivity contribution in [3.8, 4) is 0 Å². The Hall–Kier alpha value is -4.70. The number of hydrogen-bond acceptors (Lipinski definition) is 4. The maximum absolute atomic E-state index is 4.51. The largest absolute Gasteiger partial charge is 0.192 e. The smallest absolute Gasteiger partial charge is 0.0936 e. The van der Waals surface area contributed by atoms with Gasteiger partial charge in [0.1, 0.15) is 0 Å². The summed E-state index contributed by atoms with van der Waals surface area (Å²) in [4.78, 5) is 0. The van der Waals surface area contributed by atoms with E-state index >= 15 is 0 Å². The molecular formula is C40H50N4. The molecule has 6 rings (SSSR count). The van der Waals surface area contributed by atoms with E-state index in [1.165, 1.54) is 17.2 Å². The minimum atomic E-state index is 0.818. The molecule has 4 nitrogen and oxygen atoms in total. The summed E-state index contributed by atoms with van der Waals surface area (Å²) in [5, 5.41) is 24.0. The van der Waals surface area contributed by atoms with Gasteiger partial charge in [-0.15, -0.1) is 10.2 Å². The van der Waals surface area contributed by atoms with Crippen LogP contribution in [0.25, 0.3) is 32.3 Å². The van der Waals surface area contributed by atoms with E-state index in [1.54, 1.807) is 7.05 Å². The summed E-state index contributed by atoms with van der Waals surface area (Å²) in [6.07, 6.45) is 1.25. The predicted octanol–water partition coefficient (Wildman–Crippen LogP) is 14.5. The van der Waals surface area contributed by atoms with E-state index in [0.29, 0.717) is 0 Å². The van der Waals surface area contributed by atoms with Gasteiger partial charge >= 0.3 is 0 Å². The Labute approximate surface area is 265 Å². The van der Waals surface area contributed by atoms with Crippen LogP contribution in [0.3, 0.4) is 0 Å². The number of benzene rings is 6. The molecule has 6 aromatic carbocycles. The van der Waals surface area contributed by atoms with Crippen LogP contribution in [0, 0.1) is 0 Å². The molecule has 6 aromatic rings. The molecule has 0 N–H and O–H groups in total. The summed E-state index contributed by atoms with van der Waals surface area (Å²) in [6, 6.07) is 42.8. The van der Waals surface area contributed by atoms with Crippen molar-refractivity contribution in [2.24, 2.45) is 20.5 Å². The highest BCUT2D eigenvalue weighted by atomic mass is 15.1. The van der Waals surface area contributed by atoms with Crippen molar-refractivity contribution in [2.45, 2.75) is 61.8 Å². The van der Waals surface area contributed by atoms with Gasteiger partial charge in [-0.3, -0.25) is 0 Å². The zero-order valence-electron chi connectivity index (χ0n) is 28.1. The maximum atomic E-state index is 4.51. The summed E-state index contributed by atoms with van der Waals surface area (Å²) in [5.41, 5.74) is 2.51. The van der Waals surface area contributed by atoms with E-state index in [0.717, 1.165) is 38.6 Å². The zero-order chi connectivity index (χ0) is 32.6. The van der Waals surface area contributed by atoms with Crippen LogP contribution in [0.2, 0.25) is 0 Å². The van der Waals surface area contributed by atoms with Gasteiger partial charge in [0.05, 0.1) is 17.1 Å². The molecule has 0 aliphatic heterocycles. The molecule has 0 amide bonds. The van der Waals surface area contributed by atoms with Gasteiger partial charge in [-0.1, -0.05) is 171 Å². The van der Waals surface area contributed by atoms with E-state index in [4.69, 9.17) is 0 Å². The quantitative estimate of drug-likeness (QED) is 0.185. The van der Waals surface area contributed by atoms with E-state index < -0.39 is 0 Å². The first-order chi connectivity index (χ1) is 21.7. The fourth-order valence-electron chi connectivity index (χ4n) is 4.09. The lowest BCUT2D eigenvalue weighted by molar-refractivity contribution is 1.09. The molecule has 4 heteroatoms. The lowest BCUT2D eigenvalue weighted by atomic mass is 10.1. The Morgan fingerprint density at radius 1 is 0.364 bits per heavy atom. The zero-order valence-corrected chi connectivity index (χ0v) is 28.1. The number of rotatable bonds is 3. The summed E-state index contributed by atoms with van der Waals surface area (Å²) in [6.45, 7) is 16.2. The van der Waals surface area contributed by atoms with Gasteiger partial charge in [0.25, 0.3) is 0 Å². The number of azo groups is 2. The molecule has 0 heterocycles. The van der Waals surface area contributed by atoms with Crippen molar-refractivity contribution in [1.29, 1.82) is 0 Å². The SMILES string of the molecule is CC.CC.CC.CCC.CN=Nc1ccc(N=Nc2cccc3ccccc23)c2ccccc12.c1ccc2ccccc2c1. The summed E-state index contributed by atoms with van der Waals surface area (Å²) < 4.78 is 0. The molecule has 0 aliphatic rings. The Bertz CT molecular complexity index is 1620. The monoisotopic (exact) mass is 586 g/mol. The Balaban J connectivity index is 0.000000422. The number of hydrogen-bond donors (Lipinski definition) is 0. The van der Waals surface area contributed by atoms with Crippen LogP contribution in [0.1, 0.15) is 61.8 Å². The van der Waals surface area contributed by atoms with Crippen molar-refractivity contribution < 1.29 is 0 Å². The third-order valence-electron chi connectivity index (χ3n) is 5.78. The average Bonchev–Trinajstić information content (AvgIpc) is 3.11.